The number of rotatable bonds is 11. The molecule has 0 unspecified atom stereocenters. The molecule has 0 saturated carbocycles. The molecule has 6 nitrogen and oxygen atoms in total. The fraction of sp³-hybridized carbons (Fsp3) is 0.500. The molecule has 0 aliphatic rings. The zero-order valence-electron chi connectivity index (χ0n) is 15.7. The van der Waals surface area contributed by atoms with Crippen molar-refractivity contribution in [3.05, 3.63) is 29.8 Å². The lowest BCUT2D eigenvalue weighted by Gasteiger charge is -2.11. The van der Waals surface area contributed by atoms with E-state index in [0.29, 0.717) is 17.9 Å². The van der Waals surface area contributed by atoms with Gasteiger partial charge in [-0.3, -0.25) is 9.48 Å². The van der Waals surface area contributed by atoms with Crippen molar-refractivity contribution in [2.75, 3.05) is 11.5 Å². The Hall–Kier alpha value is -2.50. The number of nitrogens with two attached hydrogens (primary N) is 3. The maximum absolute atomic E-state index is 11.9. The number of primary amides is 1. The summed E-state index contributed by atoms with van der Waals surface area (Å²) in [6.07, 6.45) is 9.82. The van der Waals surface area contributed by atoms with Crippen LogP contribution in [0.25, 0.3) is 11.3 Å². The normalized spacial score (nSPS) is 11.0. The molecule has 0 atom stereocenters. The van der Waals surface area contributed by atoms with Gasteiger partial charge in [-0.15, -0.1) is 0 Å². The van der Waals surface area contributed by atoms with E-state index in [2.05, 4.69) is 12.0 Å². The Labute approximate surface area is 155 Å². The predicted octanol–water partition coefficient (Wildman–Crippen LogP) is 3.95. The van der Waals surface area contributed by atoms with Crippen LogP contribution < -0.4 is 17.2 Å². The first kappa shape index (κ1) is 19.8. The molecule has 0 aliphatic carbocycles. The van der Waals surface area contributed by atoms with Crippen LogP contribution in [-0.4, -0.2) is 15.7 Å². The molecule has 0 aliphatic heterocycles. The second kappa shape index (κ2) is 9.85. The number of unbranched alkanes of at least 4 members (excludes halogenated alkanes) is 7. The van der Waals surface area contributed by atoms with Crippen molar-refractivity contribution in [2.45, 2.75) is 64.8 Å². The molecule has 2 rings (SSSR count). The molecule has 142 valence electrons. The fourth-order valence-corrected chi connectivity index (χ4v) is 3.27. The van der Waals surface area contributed by atoms with Crippen molar-refractivity contribution in [1.82, 2.24) is 9.78 Å². The Morgan fingerprint density at radius 1 is 1.00 bits per heavy atom. The second-order valence-electron chi connectivity index (χ2n) is 6.76. The first-order valence-corrected chi connectivity index (χ1v) is 9.57. The molecule has 0 spiro atoms. The van der Waals surface area contributed by atoms with Gasteiger partial charge in [0.1, 0.15) is 5.56 Å². The van der Waals surface area contributed by atoms with Crippen LogP contribution in [0.4, 0.5) is 11.5 Å². The van der Waals surface area contributed by atoms with Gasteiger partial charge in [0.05, 0.1) is 5.69 Å². The number of para-hydroxylation sites is 1. The Morgan fingerprint density at radius 2 is 1.62 bits per heavy atom. The molecule has 1 heterocycles. The standard InChI is InChI=1S/C20H31N5O/c1-2-3-4-5-6-7-8-11-14-25-18(15-12-9-10-13-16(15)21)17(20(23)26)19(22)24-25/h9-10,12-13H,2-8,11,14,21H2,1H3,(H2,22,24)(H2,23,26). The maximum Gasteiger partial charge on any atom is 0.254 e. The fourth-order valence-electron chi connectivity index (χ4n) is 3.27. The van der Waals surface area contributed by atoms with Crippen molar-refractivity contribution in [1.29, 1.82) is 0 Å². The quantitative estimate of drug-likeness (QED) is 0.417. The third-order valence-electron chi connectivity index (χ3n) is 4.67. The van der Waals surface area contributed by atoms with Crippen molar-refractivity contribution in [2.24, 2.45) is 5.73 Å². The number of aryl methyl sites for hydroxylation is 1. The molecule has 1 aromatic heterocycles. The Bertz CT molecular complexity index is 723. The van der Waals surface area contributed by atoms with Gasteiger partial charge < -0.3 is 17.2 Å². The van der Waals surface area contributed by atoms with Crippen molar-refractivity contribution < 1.29 is 4.79 Å². The minimum Gasteiger partial charge on any atom is -0.398 e. The van der Waals surface area contributed by atoms with Crippen LogP contribution in [0.15, 0.2) is 24.3 Å². The van der Waals surface area contributed by atoms with Gasteiger partial charge in [0, 0.05) is 17.8 Å². The van der Waals surface area contributed by atoms with Gasteiger partial charge in [-0.05, 0) is 12.5 Å². The van der Waals surface area contributed by atoms with Gasteiger partial charge in [-0.2, -0.15) is 5.10 Å². The van der Waals surface area contributed by atoms with E-state index in [1.165, 1.54) is 38.5 Å². The summed E-state index contributed by atoms with van der Waals surface area (Å²) >= 11 is 0. The van der Waals surface area contributed by atoms with E-state index < -0.39 is 5.91 Å². The molecule has 6 N–H and O–H groups in total. The van der Waals surface area contributed by atoms with Crippen LogP contribution in [0, 0.1) is 0 Å². The number of benzene rings is 1. The highest BCUT2D eigenvalue weighted by Gasteiger charge is 2.22. The van der Waals surface area contributed by atoms with Gasteiger partial charge in [0.25, 0.3) is 5.91 Å². The Morgan fingerprint density at radius 3 is 2.23 bits per heavy atom. The number of nitrogen functional groups attached to an aromatic ring is 2. The highest BCUT2D eigenvalue weighted by molar-refractivity contribution is 6.04. The number of carbonyl (C=O) groups is 1. The lowest BCUT2D eigenvalue weighted by molar-refractivity contribution is 0.100. The maximum atomic E-state index is 11.9. The number of hydrogen-bond acceptors (Lipinski definition) is 4. The lowest BCUT2D eigenvalue weighted by Crippen LogP contribution is -2.14. The van der Waals surface area contributed by atoms with E-state index in [1.54, 1.807) is 10.7 Å². The smallest absolute Gasteiger partial charge is 0.254 e. The predicted molar refractivity (Wildman–Crippen MR) is 108 cm³/mol. The first-order chi connectivity index (χ1) is 12.6. The average molecular weight is 358 g/mol. The van der Waals surface area contributed by atoms with Crippen molar-refractivity contribution in [3.63, 3.8) is 0 Å². The zero-order chi connectivity index (χ0) is 18.9. The number of anilines is 2. The van der Waals surface area contributed by atoms with E-state index in [4.69, 9.17) is 17.2 Å². The Balaban J connectivity index is 2.06. The first-order valence-electron chi connectivity index (χ1n) is 9.57. The van der Waals surface area contributed by atoms with Crippen LogP contribution >= 0.6 is 0 Å². The highest BCUT2D eigenvalue weighted by Crippen LogP contribution is 2.32. The van der Waals surface area contributed by atoms with E-state index in [0.717, 1.165) is 18.4 Å². The number of nitrogens with zero attached hydrogens (tertiary/aromatic N) is 2. The van der Waals surface area contributed by atoms with Crippen LogP contribution in [0.3, 0.4) is 0 Å². The summed E-state index contributed by atoms with van der Waals surface area (Å²) in [6.45, 7) is 2.92. The molecular weight excluding hydrogens is 326 g/mol. The van der Waals surface area contributed by atoms with Crippen LogP contribution in [0.1, 0.15) is 68.6 Å². The average Bonchev–Trinajstić information content (AvgIpc) is 2.94. The summed E-state index contributed by atoms with van der Waals surface area (Å²) in [4.78, 5) is 11.9. The van der Waals surface area contributed by atoms with Crippen LogP contribution in [-0.2, 0) is 6.54 Å². The Kier molecular flexibility index (Phi) is 7.51. The lowest BCUT2D eigenvalue weighted by atomic mass is 10.0. The molecule has 1 aromatic carbocycles. The number of hydrogen-bond donors (Lipinski definition) is 3. The monoisotopic (exact) mass is 357 g/mol. The molecular formula is C20H31N5O. The van der Waals surface area contributed by atoms with E-state index in [9.17, 15) is 4.79 Å². The van der Waals surface area contributed by atoms with Crippen molar-refractivity contribution in [3.8, 4) is 11.3 Å². The summed E-state index contributed by atoms with van der Waals surface area (Å²) in [5.74, 6) is -0.418. The third-order valence-corrected chi connectivity index (χ3v) is 4.67. The molecule has 26 heavy (non-hydrogen) atoms. The third kappa shape index (κ3) is 5.00. The van der Waals surface area contributed by atoms with Gasteiger partial charge in [-0.25, -0.2) is 0 Å². The largest absolute Gasteiger partial charge is 0.398 e. The van der Waals surface area contributed by atoms with Gasteiger partial charge in [0.15, 0.2) is 5.82 Å². The van der Waals surface area contributed by atoms with Crippen molar-refractivity contribution >= 4 is 17.4 Å². The number of aromatic nitrogens is 2. The van der Waals surface area contributed by atoms with Crippen LogP contribution in [0.2, 0.25) is 0 Å². The van der Waals surface area contributed by atoms with Gasteiger partial charge >= 0.3 is 0 Å². The summed E-state index contributed by atoms with van der Waals surface area (Å²) in [7, 11) is 0. The molecule has 6 heteroatoms. The SMILES string of the molecule is CCCCCCCCCCn1nc(N)c(C(N)=O)c1-c1ccccc1N. The summed E-state index contributed by atoms with van der Waals surface area (Å²) < 4.78 is 1.78. The minimum absolute atomic E-state index is 0.162. The van der Waals surface area contributed by atoms with E-state index in [-0.39, 0.29) is 11.4 Å². The second-order valence-corrected chi connectivity index (χ2v) is 6.76. The van der Waals surface area contributed by atoms with E-state index in [1.807, 2.05) is 18.2 Å². The molecule has 0 saturated heterocycles. The molecule has 0 radical (unpaired) electrons. The molecule has 0 bridgehead atoms. The summed E-state index contributed by atoms with van der Waals surface area (Å²) in [6, 6.07) is 7.39. The molecule has 1 amide bonds. The molecule has 0 fully saturated rings. The highest BCUT2D eigenvalue weighted by atomic mass is 16.1. The number of amides is 1. The summed E-state index contributed by atoms with van der Waals surface area (Å²) in [5, 5.41) is 4.35. The van der Waals surface area contributed by atoms with Crippen LogP contribution in [0.5, 0.6) is 0 Å². The number of carbonyl (C=O) groups excluding carboxylic acids is 1. The van der Waals surface area contributed by atoms with Gasteiger partial charge in [0.2, 0.25) is 0 Å². The van der Waals surface area contributed by atoms with Gasteiger partial charge in [-0.1, -0.05) is 70.1 Å². The minimum atomic E-state index is -0.581. The zero-order valence-corrected chi connectivity index (χ0v) is 15.7. The topological polar surface area (TPSA) is 113 Å². The summed E-state index contributed by atoms with van der Waals surface area (Å²) in [5.41, 5.74) is 19.8. The molecule has 2 aromatic rings. The van der Waals surface area contributed by atoms with E-state index >= 15 is 0 Å².